The molecule has 2 saturated heterocycles. The zero-order valence-electron chi connectivity index (χ0n) is 28.6. The van der Waals surface area contributed by atoms with Crippen LogP contribution in [0, 0.1) is 17.7 Å². The van der Waals surface area contributed by atoms with Crippen LogP contribution in [0.1, 0.15) is 95.2 Å². The van der Waals surface area contributed by atoms with Crippen LogP contribution in [-0.4, -0.2) is 75.0 Å². The summed E-state index contributed by atoms with van der Waals surface area (Å²) in [5.74, 6) is 0.761. The molecule has 2 aromatic carbocycles. The van der Waals surface area contributed by atoms with E-state index in [4.69, 9.17) is 9.84 Å². The van der Waals surface area contributed by atoms with Crippen LogP contribution in [0.2, 0.25) is 0 Å². The lowest BCUT2D eigenvalue weighted by Crippen LogP contribution is -2.45. The Morgan fingerprint density at radius 3 is 2.39 bits per heavy atom. The molecule has 0 unspecified atom stereocenters. The zero-order chi connectivity index (χ0) is 33.0. The number of benzene rings is 2. The van der Waals surface area contributed by atoms with E-state index in [1.807, 2.05) is 25.1 Å². The minimum Gasteiger partial charge on any atom is -0.488 e. The Kier molecular flexibility index (Phi) is 10.9. The van der Waals surface area contributed by atoms with Crippen LogP contribution in [0.15, 0.2) is 54.6 Å². The molecular formula is C38H53FN4O3. The van der Waals surface area contributed by atoms with Crippen molar-refractivity contribution in [1.82, 2.24) is 19.6 Å². The first kappa shape index (κ1) is 34.1. The summed E-state index contributed by atoms with van der Waals surface area (Å²) in [4.78, 5) is 17.0. The minimum atomic E-state index is -0.757. The highest BCUT2D eigenvalue weighted by Gasteiger charge is 2.42. The van der Waals surface area contributed by atoms with E-state index in [0.29, 0.717) is 12.5 Å². The molecule has 1 aromatic heterocycles. The normalized spacial score (nSPS) is 21.4. The van der Waals surface area contributed by atoms with E-state index in [0.717, 1.165) is 75.4 Å². The van der Waals surface area contributed by atoms with Gasteiger partial charge >= 0.3 is 5.97 Å². The SMILES string of the molecule is CC[C@@H](C)[C@H](C(=O)O)N1C[C@H](CN2CCC(c3cc(Cc4ccc(OC(C)(C)C)cc4)nn3CC)CC2)[C@@H](c2cccc(F)c2)C1. The van der Waals surface area contributed by atoms with Gasteiger partial charge < -0.3 is 14.7 Å². The average Bonchev–Trinajstić information content (AvgIpc) is 3.61. The van der Waals surface area contributed by atoms with Gasteiger partial charge in [-0.05, 0) is 107 Å². The number of aryl methyl sites for hydroxylation is 1. The second kappa shape index (κ2) is 14.7. The van der Waals surface area contributed by atoms with Gasteiger partial charge in [0.1, 0.15) is 23.2 Å². The summed E-state index contributed by atoms with van der Waals surface area (Å²) in [6.07, 6.45) is 3.73. The van der Waals surface area contributed by atoms with E-state index in [9.17, 15) is 14.3 Å². The molecule has 2 aliphatic heterocycles. The van der Waals surface area contributed by atoms with E-state index in [2.05, 4.69) is 67.3 Å². The van der Waals surface area contributed by atoms with Gasteiger partial charge in [0.2, 0.25) is 0 Å². The maximum Gasteiger partial charge on any atom is 0.321 e. The third-order valence-corrected chi connectivity index (χ3v) is 9.97. The molecule has 0 spiro atoms. The lowest BCUT2D eigenvalue weighted by atomic mass is 9.87. The molecule has 3 aromatic rings. The van der Waals surface area contributed by atoms with Crippen LogP contribution in [0.4, 0.5) is 4.39 Å². The molecule has 5 rings (SSSR count). The number of carboxylic acid groups (broad SMARTS) is 1. The number of hydrogen-bond acceptors (Lipinski definition) is 5. The van der Waals surface area contributed by atoms with Crippen LogP contribution in [-0.2, 0) is 17.8 Å². The van der Waals surface area contributed by atoms with Crippen LogP contribution in [0.25, 0.3) is 0 Å². The van der Waals surface area contributed by atoms with E-state index in [1.54, 1.807) is 12.1 Å². The maximum atomic E-state index is 14.3. The van der Waals surface area contributed by atoms with Crippen LogP contribution < -0.4 is 4.74 Å². The lowest BCUT2D eigenvalue weighted by molar-refractivity contribution is -0.145. The maximum absolute atomic E-state index is 14.3. The molecule has 3 heterocycles. The number of nitrogens with zero attached hydrogens (tertiary/aromatic N) is 4. The Hall–Kier alpha value is -3.23. The van der Waals surface area contributed by atoms with Crippen molar-refractivity contribution in [2.45, 2.75) is 97.2 Å². The van der Waals surface area contributed by atoms with Gasteiger partial charge in [0.25, 0.3) is 0 Å². The molecule has 2 fully saturated rings. The third kappa shape index (κ3) is 8.37. The monoisotopic (exact) mass is 632 g/mol. The van der Waals surface area contributed by atoms with Gasteiger partial charge in [-0.3, -0.25) is 14.4 Å². The number of carbonyl (C=O) groups is 1. The Bertz CT molecular complexity index is 1440. The summed E-state index contributed by atoms with van der Waals surface area (Å²) in [7, 11) is 0. The number of carboxylic acids is 1. The standard InChI is InChI=1S/C38H53FN4O3/c1-7-26(3)36(37(44)45)42-24-30(34(25-42)29-10-9-11-31(39)21-29)23-41-18-16-28(17-19-41)35-22-32(40-43(35)8-2)20-27-12-14-33(15-13-27)46-38(4,5)6/h9-15,21-22,26,28,30,34,36H,7-8,16-20,23-25H2,1-6H3,(H,44,45)/t26-,30+,34-,36-/m1/s1. The highest BCUT2D eigenvalue weighted by atomic mass is 19.1. The van der Waals surface area contributed by atoms with Gasteiger partial charge in [0.15, 0.2) is 0 Å². The van der Waals surface area contributed by atoms with Crippen LogP contribution in [0.3, 0.4) is 0 Å². The number of likely N-dealkylation sites (tertiary alicyclic amines) is 2. The number of rotatable bonds is 12. The van der Waals surface area contributed by atoms with Crippen molar-refractivity contribution >= 4 is 5.97 Å². The smallest absolute Gasteiger partial charge is 0.321 e. The number of piperidine rings is 1. The first-order chi connectivity index (χ1) is 21.9. The average molecular weight is 633 g/mol. The molecule has 7 nitrogen and oxygen atoms in total. The van der Waals surface area contributed by atoms with Crippen molar-refractivity contribution in [3.63, 3.8) is 0 Å². The fraction of sp³-hybridized carbons (Fsp3) is 0.579. The lowest BCUT2D eigenvalue weighted by Gasteiger charge is -2.35. The van der Waals surface area contributed by atoms with Crippen molar-refractivity contribution in [3.05, 3.63) is 82.9 Å². The van der Waals surface area contributed by atoms with Gasteiger partial charge in [-0.2, -0.15) is 5.10 Å². The fourth-order valence-electron chi connectivity index (χ4n) is 7.55. The second-order valence-corrected chi connectivity index (χ2v) is 14.5. The molecule has 46 heavy (non-hydrogen) atoms. The van der Waals surface area contributed by atoms with Gasteiger partial charge in [-0.25, -0.2) is 4.39 Å². The van der Waals surface area contributed by atoms with Crippen LogP contribution in [0.5, 0.6) is 5.75 Å². The number of aromatic nitrogens is 2. The molecule has 0 saturated carbocycles. The summed E-state index contributed by atoms with van der Waals surface area (Å²) in [6, 6.07) is 17.1. The third-order valence-electron chi connectivity index (χ3n) is 9.97. The molecule has 1 N–H and O–H groups in total. The Labute approximate surface area is 274 Å². The van der Waals surface area contributed by atoms with Crippen molar-refractivity contribution in [3.8, 4) is 5.75 Å². The molecule has 2 aliphatic rings. The highest BCUT2D eigenvalue weighted by Crippen LogP contribution is 2.38. The quantitative estimate of drug-likeness (QED) is 0.228. The molecule has 0 radical (unpaired) electrons. The van der Waals surface area contributed by atoms with Gasteiger partial charge in [0, 0.05) is 50.1 Å². The summed E-state index contributed by atoms with van der Waals surface area (Å²) < 4.78 is 22.5. The van der Waals surface area contributed by atoms with E-state index in [-0.39, 0.29) is 29.2 Å². The molecule has 250 valence electrons. The zero-order valence-corrected chi connectivity index (χ0v) is 28.6. The first-order valence-corrected chi connectivity index (χ1v) is 17.2. The molecule has 4 atom stereocenters. The van der Waals surface area contributed by atoms with Crippen molar-refractivity contribution < 1.29 is 19.0 Å². The van der Waals surface area contributed by atoms with E-state index in [1.165, 1.54) is 17.3 Å². The molecular weight excluding hydrogens is 579 g/mol. The predicted molar refractivity (Wildman–Crippen MR) is 181 cm³/mol. The van der Waals surface area contributed by atoms with Gasteiger partial charge in [0.05, 0.1) is 5.69 Å². The molecule has 8 heteroatoms. The summed E-state index contributed by atoms with van der Waals surface area (Å²) >= 11 is 0. The number of hydrogen-bond donors (Lipinski definition) is 1. The van der Waals surface area contributed by atoms with E-state index < -0.39 is 12.0 Å². The van der Waals surface area contributed by atoms with Gasteiger partial charge in [-0.15, -0.1) is 0 Å². The predicted octanol–water partition coefficient (Wildman–Crippen LogP) is 7.20. The van der Waals surface area contributed by atoms with Crippen molar-refractivity contribution in [1.29, 1.82) is 0 Å². The first-order valence-electron chi connectivity index (χ1n) is 17.2. The van der Waals surface area contributed by atoms with Crippen LogP contribution >= 0.6 is 0 Å². The highest BCUT2D eigenvalue weighted by molar-refractivity contribution is 5.74. The fourth-order valence-corrected chi connectivity index (χ4v) is 7.55. The molecule has 0 bridgehead atoms. The number of aliphatic carboxylic acids is 1. The second-order valence-electron chi connectivity index (χ2n) is 14.5. The Morgan fingerprint density at radius 2 is 1.78 bits per heavy atom. The number of halogens is 1. The largest absolute Gasteiger partial charge is 0.488 e. The molecule has 0 amide bonds. The summed E-state index contributed by atoms with van der Waals surface area (Å²) in [5, 5.41) is 15.1. The van der Waals surface area contributed by atoms with Crippen molar-refractivity contribution in [2.75, 3.05) is 32.7 Å². The summed E-state index contributed by atoms with van der Waals surface area (Å²) in [5.41, 5.74) is 4.41. The topological polar surface area (TPSA) is 70.8 Å². The minimum absolute atomic E-state index is 0.0512. The molecule has 0 aliphatic carbocycles. The van der Waals surface area contributed by atoms with Crippen molar-refractivity contribution in [2.24, 2.45) is 11.8 Å². The number of ether oxygens (including phenoxy) is 1. The summed E-state index contributed by atoms with van der Waals surface area (Å²) in [6.45, 7) is 17.5. The Balaban J connectivity index is 1.23. The van der Waals surface area contributed by atoms with E-state index >= 15 is 0 Å². The van der Waals surface area contributed by atoms with Gasteiger partial charge in [-0.1, -0.05) is 44.5 Å². The Morgan fingerprint density at radius 1 is 1.07 bits per heavy atom.